The van der Waals surface area contributed by atoms with E-state index in [1.807, 2.05) is 29.2 Å². The van der Waals surface area contributed by atoms with Gasteiger partial charge in [0.2, 0.25) is 5.76 Å². The van der Waals surface area contributed by atoms with E-state index in [0.29, 0.717) is 23.8 Å². The van der Waals surface area contributed by atoms with Crippen LogP contribution in [0.1, 0.15) is 34.9 Å². The van der Waals surface area contributed by atoms with E-state index in [9.17, 15) is 4.79 Å². The largest absolute Gasteiger partial charge is 0.497 e. The highest BCUT2D eigenvalue weighted by molar-refractivity contribution is 5.93. The maximum absolute atomic E-state index is 12.9. The number of carbonyl (C=O) groups is 1. The van der Waals surface area contributed by atoms with Crippen LogP contribution in [0.4, 0.5) is 0 Å². The first-order valence-corrected chi connectivity index (χ1v) is 8.22. The Morgan fingerprint density at radius 3 is 2.80 bits per heavy atom. The second kappa shape index (κ2) is 6.47. The normalized spacial score (nSPS) is 17.0. The number of amides is 1. The Bertz CT molecular complexity index is 852. The molecule has 1 unspecified atom stereocenters. The van der Waals surface area contributed by atoms with E-state index >= 15 is 0 Å². The molecule has 1 aliphatic heterocycles. The Kier molecular flexibility index (Phi) is 4.01. The number of aromatic nitrogens is 1. The van der Waals surface area contributed by atoms with Crippen LogP contribution in [0.3, 0.4) is 0 Å². The molecule has 4 rings (SSSR count). The summed E-state index contributed by atoms with van der Waals surface area (Å²) in [5, 5.41) is 3.93. The Morgan fingerprint density at radius 2 is 2.08 bits per heavy atom. The molecule has 1 fully saturated rings. The Morgan fingerprint density at radius 1 is 1.24 bits per heavy atom. The van der Waals surface area contributed by atoms with Gasteiger partial charge in [-0.2, -0.15) is 0 Å². The van der Waals surface area contributed by atoms with Crippen molar-refractivity contribution in [2.75, 3.05) is 13.7 Å². The number of likely N-dealkylation sites (tertiary alicyclic amines) is 1. The first kappa shape index (κ1) is 15.5. The van der Waals surface area contributed by atoms with E-state index in [4.69, 9.17) is 13.7 Å². The van der Waals surface area contributed by atoms with E-state index < -0.39 is 0 Å². The quantitative estimate of drug-likeness (QED) is 0.721. The number of carbonyl (C=O) groups excluding carboxylic acids is 1. The number of rotatable bonds is 4. The number of hydrogen-bond acceptors (Lipinski definition) is 5. The molecule has 1 saturated heterocycles. The fraction of sp³-hybridized carbons (Fsp3) is 0.263. The van der Waals surface area contributed by atoms with Gasteiger partial charge in [0.05, 0.1) is 19.4 Å². The molecule has 0 radical (unpaired) electrons. The number of benzene rings is 1. The van der Waals surface area contributed by atoms with E-state index in [1.54, 1.807) is 31.6 Å². The molecule has 1 amide bonds. The molecular weight excluding hydrogens is 320 g/mol. The summed E-state index contributed by atoms with van der Waals surface area (Å²) in [5.41, 5.74) is 1.40. The lowest BCUT2D eigenvalue weighted by molar-refractivity contribution is 0.0725. The van der Waals surface area contributed by atoms with Crippen molar-refractivity contribution in [2.24, 2.45) is 0 Å². The Labute approximate surface area is 145 Å². The molecule has 3 aromatic rings. The zero-order valence-electron chi connectivity index (χ0n) is 13.8. The highest BCUT2D eigenvalue weighted by Gasteiger charge is 2.32. The summed E-state index contributed by atoms with van der Waals surface area (Å²) in [6.45, 7) is 0.707. The molecule has 1 aromatic carbocycles. The molecule has 128 valence electrons. The first-order valence-electron chi connectivity index (χ1n) is 8.22. The Hall–Kier alpha value is -3.02. The number of ether oxygens (including phenoxy) is 1. The summed E-state index contributed by atoms with van der Waals surface area (Å²) in [6, 6.07) is 13.1. The van der Waals surface area contributed by atoms with E-state index in [-0.39, 0.29) is 11.9 Å². The summed E-state index contributed by atoms with van der Waals surface area (Å²) >= 11 is 0. The van der Waals surface area contributed by atoms with Crippen LogP contribution in [-0.2, 0) is 0 Å². The predicted molar refractivity (Wildman–Crippen MR) is 90.2 cm³/mol. The predicted octanol–water partition coefficient (Wildman–Crippen LogP) is 3.92. The molecule has 0 spiro atoms. The van der Waals surface area contributed by atoms with Crippen LogP contribution in [0.2, 0.25) is 0 Å². The third-order valence-corrected chi connectivity index (χ3v) is 4.51. The maximum Gasteiger partial charge on any atom is 0.276 e. The third-order valence-electron chi connectivity index (χ3n) is 4.51. The topological polar surface area (TPSA) is 68.7 Å². The van der Waals surface area contributed by atoms with E-state index in [0.717, 1.165) is 24.2 Å². The van der Waals surface area contributed by atoms with Crippen LogP contribution in [0, 0.1) is 0 Å². The van der Waals surface area contributed by atoms with E-state index in [1.165, 1.54) is 0 Å². The lowest BCUT2D eigenvalue weighted by atomic mass is 10.0. The van der Waals surface area contributed by atoms with Crippen molar-refractivity contribution in [3.05, 3.63) is 60.0 Å². The summed E-state index contributed by atoms with van der Waals surface area (Å²) < 4.78 is 15.7. The molecule has 2 aromatic heterocycles. The van der Waals surface area contributed by atoms with Gasteiger partial charge in [0, 0.05) is 12.6 Å². The summed E-state index contributed by atoms with van der Waals surface area (Å²) in [7, 11) is 1.64. The van der Waals surface area contributed by atoms with Gasteiger partial charge in [-0.3, -0.25) is 4.79 Å². The zero-order chi connectivity index (χ0) is 17.2. The van der Waals surface area contributed by atoms with Gasteiger partial charge >= 0.3 is 0 Å². The Balaban J connectivity index is 1.56. The van der Waals surface area contributed by atoms with Crippen molar-refractivity contribution in [1.29, 1.82) is 0 Å². The fourth-order valence-corrected chi connectivity index (χ4v) is 3.24. The van der Waals surface area contributed by atoms with Gasteiger partial charge in [-0.25, -0.2) is 0 Å². The van der Waals surface area contributed by atoms with Crippen LogP contribution in [0.15, 0.2) is 57.7 Å². The fourth-order valence-electron chi connectivity index (χ4n) is 3.24. The molecule has 3 heterocycles. The lowest BCUT2D eigenvalue weighted by Gasteiger charge is -2.24. The van der Waals surface area contributed by atoms with Crippen molar-refractivity contribution >= 4 is 5.91 Å². The standard InChI is InChI=1S/C19H18N2O4/c1-23-14-8-6-13(7-9-14)16-4-2-10-21(16)19(22)15-12-18(25-20-15)17-5-3-11-24-17/h3,5-9,11-12,16H,2,4,10H2,1H3. The number of nitrogens with zero attached hydrogens (tertiary/aromatic N) is 2. The van der Waals surface area contributed by atoms with Gasteiger partial charge in [0.1, 0.15) is 5.75 Å². The summed E-state index contributed by atoms with van der Waals surface area (Å²) in [4.78, 5) is 14.7. The van der Waals surface area contributed by atoms with Gasteiger partial charge in [-0.05, 0) is 42.7 Å². The van der Waals surface area contributed by atoms with Crippen LogP contribution in [0.25, 0.3) is 11.5 Å². The second-order valence-corrected chi connectivity index (χ2v) is 5.98. The molecule has 0 aliphatic carbocycles. The average molecular weight is 338 g/mol. The van der Waals surface area contributed by atoms with Crippen LogP contribution in [0.5, 0.6) is 5.75 Å². The van der Waals surface area contributed by atoms with Gasteiger partial charge in [0.25, 0.3) is 5.91 Å². The molecule has 1 aliphatic rings. The highest BCUT2D eigenvalue weighted by Crippen LogP contribution is 2.34. The van der Waals surface area contributed by atoms with Crippen molar-refractivity contribution in [1.82, 2.24) is 10.1 Å². The van der Waals surface area contributed by atoms with Gasteiger partial charge in [0.15, 0.2) is 11.5 Å². The van der Waals surface area contributed by atoms with Crippen molar-refractivity contribution in [2.45, 2.75) is 18.9 Å². The molecule has 6 nitrogen and oxygen atoms in total. The van der Waals surface area contributed by atoms with Crippen molar-refractivity contribution < 1.29 is 18.5 Å². The summed E-state index contributed by atoms with van der Waals surface area (Å²) in [6.07, 6.45) is 3.45. The number of hydrogen-bond donors (Lipinski definition) is 0. The monoisotopic (exact) mass is 338 g/mol. The molecule has 0 bridgehead atoms. The van der Waals surface area contributed by atoms with Crippen molar-refractivity contribution in [3.63, 3.8) is 0 Å². The van der Waals surface area contributed by atoms with E-state index in [2.05, 4.69) is 5.16 Å². The first-order chi connectivity index (χ1) is 12.3. The highest BCUT2D eigenvalue weighted by atomic mass is 16.5. The molecule has 25 heavy (non-hydrogen) atoms. The average Bonchev–Trinajstić information content (AvgIpc) is 3.42. The SMILES string of the molecule is COc1ccc(C2CCCN2C(=O)c2cc(-c3ccco3)on2)cc1. The van der Waals surface area contributed by atoms with Gasteiger partial charge in [-0.15, -0.1) is 0 Å². The minimum Gasteiger partial charge on any atom is -0.497 e. The number of furan rings is 1. The molecule has 0 N–H and O–H groups in total. The van der Waals surface area contributed by atoms with Gasteiger partial charge < -0.3 is 18.6 Å². The van der Waals surface area contributed by atoms with Crippen LogP contribution < -0.4 is 4.74 Å². The smallest absolute Gasteiger partial charge is 0.276 e. The van der Waals surface area contributed by atoms with Gasteiger partial charge in [-0.1, -0.05) is 17.3 Å². The van der Waals surface area contributed by atoms with Crippen LogP contribution >= 0.6 is 0 Å². The molecular formula is C19H18N2O4. The summed E-state index contributed by atoms with van der Waals surface area (Å²) in [5.74, 6) is 1.69. The zero-order valence-corrected chi connectivity index (χ0v) is 13.8. The number of methoxy groups -OCH3 is 1. The minimum atomic E-state index is -0.125. The molecule has 1 atom stereocenters. The van der Waals surface area contributed by atoms with Crippen molar-refractivity contribution in [3.8, 4) is 17.3 Å². The third kappa shape index (κ3) is 2.91. The maximum atomic E-state index is 12.9. The second-order valence-electron chi connectivity index (χ2n) is 5.98. The molecule has 0 saturated carbocycles. The van der Waals surface area contributed by atoms with Crippen LogP contribution in [-0.4, -0.2) is 29.6 Å². The lowest BCUT2D eigenvalue weighted by Crippen LogP contribution is -2.30. The molecule has 6 heteroatoms. The minimum absolute atomic E-state index is 0.0437.